The minimum atomic E-state index is -0.900. The number of benzene rings is 1. The fourth-order valence-corrected chi connectivity index (χ4v) is 2.82. The van der Waals surface area contributed by atoms with Gasteiger partial charge in [-0.3, -0.25) is 15.0 Å². The molecule has 0 radical (unpaired) electrons. The topological polar surface area (TPSA) is 123 Å². The number of nitrogens with zero attached hydrogens (tertiary/aromatic N) is 1. The summed E-state index contributed by atoms with van der Waals surface area (Å²) >= 11 is 0. The monoisotopic (exact) mass is 334 g/mol. The molecule has 0 saturated carbocycles. The molecule has 1 heterocycles. The number of carboxylic acids is 2. The van der Waals surface area contributed by atoms with Crippen molar-refractivity contribution in [3.05, 3.63) is 35.9 Å². The first kappa shape index (κ1) is 17.7. The summed E-state index contributed by atoms with van der Waals surface area (Å²) in [5.74, 6) is -2.20. The molecule has 2 rings (SSSR count). The first-order chi connectivity index (χ1) is 11.6. The van der Waals surface area contributed by atoms with Crippen LogP contribution in [0.5, 0.6) is 0 Å². The van der Waals surface area contributed by atoms with E-state index in [0.29, 0.717) is 31.5 Å². The molecule has 24 heavy (non-hydrogen) atoms. The zero-order valence-corrected chi connectivity index (χ0v) is 13.2. The molecule has 130 valence electrons. The highest BCUT2D eigenvalue weighted by Crippen LogP contribution is 2.25. The number of nitrogens with one attached hydrogen (secondary N) is 3. The highest BCUT2D eigenvalue weighted by molar-refractivity contribution is 5.89. The normalized spacial score (nSPS) is 15.8. The average molecular weight is 334 g/mol. The number of carboxylic acid groups (broad SMARTS) is 2. The minimum Gasteiger partial charge on any atom is -0.481 e. The summed E-state index contributed by atoms with van der Waals surface area (Å²) in [5.41, 5.74) is 9.09. The van der Waals surface area contributed by atoms with Gasteiger partial charge in [0.15, 0.2) is 0 Å². The number of aliphatic carboxylic acids is 2. The highest BCUT2D eigenvalue weighted by atomic mass is 16.4. The average Bonchev–Trinajstić information content (AvgIpc) is 3.08. The van der Waals surface area contributed by atoms with Crippen LogP contribution in [-0.4, -0.2) is 28.0 Å². The predicted octanol–water partition coefficient (Wildman–Crippen LogP) is 1.12. The molecule has 2 atom stereocenters. The van der Waals surface area contributed by atoms with E-state index in [1.54, 1.807) is 0 Å². The summed E-state index contributed by atoms with van der Waals surface area (Å²) in [4.78, 5) is 22.4. The van der Waals surface area contributed by atoms with Crippen molar-refractivity contribution in [2.24, 2.45) is 16.9 Å². The fraction of sp³-hybridized carbons (Fsp3) is 0.438. The van der Waals surface area contributed by atoms with Crippen molar-refractivity contribution in [1.29, 1.82) is 0 Å². The second-order valence-corrected chi connectivity index (χ2v) is 5.74. The summed E-state index contributed by atoms with van der Waals surface area (Å²) in [6.45, 7) is 0. The molecule has 0 amide bonds. The molecule has 0 aliphatic carbocycles. The Labute approximate surface area is 139 Å². The summed E-state index contributed by atoms with van der Waals surface area (Å²) in [6, 6.07) is 9.64. The maximum atomic E-state index is 11.8. The van der Waals surface area contributed by atoms with Crippen LogP contribution in [0, 0.1) is 11.8 Å². The zero-order chi connectivity index (χ0) is 17.4. The van der Waals surface area contributed by atoms with Crippen molar-refractivity contribution in [3.8, 4) is 0 Å². The first-order valence-corrected chi connectivity index (χ1v) is 7.90. The molecule has 1 aliphatic heterocycles. The second kappa shape index (κ2) is 8.88. The Hall–Kier alpha value is -2.61. The molecular weight excluding hydrogens is 312 g/mol. The third-order valence-corrected chi connectivity index (χ3v) is 4.03. The molecule has 0 aromatic heterocycles. The van der Waals surface area contributed by atoms with E-state index in [4.69, 9.17) is 5.11 Å². The number of hydrogen-bond acceptors (Lipinski definition) is 6. The van der Waals surface area contributed by atoms with Crippen LogP contribution >= 0.6 is 0 Å². The van der Waals surface area contributed by atoms with Crippen LogP contribution < -0.4 is 16.5 Å². The Kier molecular flexibility index (Phi) is 6.56. The molecule has 1 aliphatic rings. The lowest BCUT2D eigenvalue weighted by atomic mass is 9.82. The lowest BCUT2D eigenvalue weighted by molar-refractivity contribution is -0.143. The third-order valence-electron chi connectivity index (χ3n) is 4.03. The van der Waals surface area contributed by atoms with E-state index < -0.39 is 17.9 Å². The molecule has 1 aromatic carbocycles. The van der Waals surface area contributed by atoms with Gasteiger partial charge in [-0.25, -0.2) is 5.53 Å². The summed E-state index contributed by atoms with van der Waals surface area (Å²) in [5, 5.41) is 22.4. The third kappa shape index (κ3) is 5.24. The van der Waals surface area contributed by atoms with Gasteiger partial charge in [0.25, 0.3) is 0 Å². The number of hydrazone groups is 1. The molecular formula is C16H22N4O4. The molecule has 0 unspecified atom stereocenters. The Morgan fingerprint density at radius 3 is 2.46 bits per heavy atom. The lowest BCUT2D eigenvalue weighted by Crippen LogP contribution is -2.42. The zero-order valence-electron chi connectivity index (χ0n) is 13.2. The number of unbranched alkanes of at least 4 members (excludes halogenated alkanes) is 1. The van der Waals surface area contributed by atoms with Crippen molar-refractivity contribution < 1.29 is 19.8 Å². The second-order valence-electron chi connectivity index (χ2n) is 5.74. The highest BCUT2D eigenvalue weighted by Gasteiger charge is 2.33. The Morgan fingerprint density at radius 1 is 1.12 bits per heavy atom. The number of amidine groups is 1. The van der Waals surface area contributed by atoms with Crippen molar-refractivity contribution >= 4 is 17.8 Å². The molecule has 0 fully saturated rings. The smallest absolute Gasteiger partial charge is 0.307 e. The SMILES string of the molecule is O=C(O)CCCC[C@H](C(=O)O)[C@H](Cc1ccccc1)C1=NNNN1. The van der Waals surface area contributed by atoms with E-state index >= 15 is 0 Å². The van der Waals surface area contributed by atoms with Gasteiger partial charge in [-0.05, 0) is 24.8 Å². The maximum Gasteiger partial charge on any atom is 0.307 e. The van der Waals surface area contributed by atoms with Crippen molar-refractivity contribution in [2.75, 3.05) is 0 Å². The predicted molar refractivity (Wildman–Crippen MR) is 87.7 cm³/mol. The number of carbonyl (C=O) groups is 2. The fourth-order valence-electron chi connectivity index (χ4n) is 2.82. The van der Waals surface area contributed by atoms with Gasteiger partial charge in [-0.1, -0.05) is 36.8 Å². The first-order valence-electron chi connectivity index (χ1n) is 7.90. The molecule has 0 saturated heterocycles. The number of rotatable bonds is 10. The van der Waals surface area contributed by atoms with Crippen molar-refractivity contribution in [1.82, 2.24) is 16.5 Å². The molecule has 0 bridgehead atoms. The van der Waals surface area contributed by atoms with Gasteiger partial charge in [-0.15, -0.1) is 10.6 Å². The van der Waals surface area contributed by atoms with Crippen LogP contribution in [0.1, 0.15) is 31.2 Å². The number of hydrogen-bond donors (Lipinski definition) is 5. The molecule has 1 aromatic rings. The minimum absolute atomic E-state index is 0.0536. The van der Waals surface area contributed by atoms with Crippen LogP contribution in [0.25, 0.3) is 0 Å². The van der Waals surface area contributed by atoms with E-state index in [2.05, 4.69) is 21.6 Å². The Bertz CT molecular complexity index is 591. The quantitative estimate of drug-likeness (QED) is 0.406. The summed E-state index contributed by atoms with van der Waals surface area (Å²) in [7, 11) is 0. The maximum absolute atomic E-state index is 11.8. The number of hydrazine groups is 2. The standard InChI is InChI=1S/C16H22N4O4/c21-14(22)9-5-4-8-12(16(23)24)13(15-17-19-20-18-15)10-11-6-2-1-3-7-11/h1-3,6-7,12-13,19-20H,4-5,8-10H2,(H,17,18)(H,21,22)(H,23,24)/t12-,13-/m0/s1. The van der Waals surface area contributed by atoms with E-state index in [0.717, 1.165) is 5.56 Å². The Balaban J connectivity index is 2.09. The van der Waals surface area contributed by atoms with E-state index in [1.807, 2.05) is 30.3 Å². The Morgan fingerprint density at radius 2 is 1.88 bits per heavy atom. The van der Waals surface area contributed by atoms with Gasteiger partial charge in [0.05, 0.1) is 5.92 Å². The van der Waals surface area contributed by atoms with Crippen LogP contribution in [0.4, 0.5) is 0 Å². The van der Waals surface area contributed by atoms with Gasteiger partial charge in [0.1, 0.15) is 5.84 Å². The molecule has 5 N–H and O–H groups in total. The van der Waals surface area contributed by atoms with Crippen molar-refractivity contribution in [2.45, 2.75) is 32.1 Å². The van der Waals surface area contributed by atoms with Gasteiger partial charge < -0.3 is 10.2 Å². The van der Waals surface area contributed by atoms with Gasteiger partial charge in [0, 0.05) is 12.3 Å². The van der Waals surface area contributed by atoms with E-state index in [1.165, 1.54) is 0 Å². The lowest BCUT2D eigenvalue weighted by Gasteiger charge is -2.23. The van der Waals surface area contributed by atoms with Gasteiger partial charge >= 0.3 is 11.9 Å². The van der Waals surface area contributed by atoms with E-state index in [9.17, 15) is 14.7 Å². The van der Waals surface area contributed by atoms with Crippen LogP contribution in [0.15, 0.2) is 35.4 Å². The van der Waals surface area contributed by atoms with Crippen molar-refractivity contribution in [3.63, 3.8) is 0 Å². The molecule has 8 heteroatoms. The van der Waals surface area contributed by atoms with Gasteiger partial charge in [-0.2, -0.15) is 0 Å². The van der Waals surface area contributed by atoms with E-state index in [-0.39, 0.29) is 12.3 Å². The molecule has 0 spiro atoms. The summed E-state index contributed by atoms with van der Waals surface area (Å²) in [6.07, 6.45) is 2.00. The summed E-state index contributed by atoms with van der Waals surface area (Å²) < 4.78 is 0. The molecule has 8 nitrogen and oxygen atoms in total. The van der Waals surface area contributed by atoms with Crippen LogP contribution in [-0.2, 0) is 16.0 Å². The van der Waals surface area contributed by atoms with Crippen LogP contribution in [0.3, 0.4) is 0 Å². The van der Waals surface area contributed by atoms with Crippen LogP contribution in [0.2, 0.25) is 0 Å². The largest absolute Gasteiger partial charge is 0.481 e. The van der Waals surface area contributed by atoms with Gasteiger partial charge in [0.2, 0.25) is 0 Å².